The van der Waals surface area contributed by atoms with Gasteiger partial charge in [-0.3, -0.25) is 4.79 Å². The minimum absolute atomic E-state index is 0.133. The highest BCUT2D eigenvalue weighted by molar-refractivity contribution is 6.30. The van der Waals surface area contributed by atoms with Gasteiger partial charge in [-0.2, -0.15) is 0 Å². The van der Waals surface area contributed by atoms with E-state index >= 15 is 0 Å². The number of hydrazine groups is 1. The molecular formula is C19H19ClN4O3. The summed E-state index contributed by atoms with van der Waals surface area (Å²) < 4.78 is 4.62. The molecule has 3 rings (SSSR count). The molecule has 0 aromatic heterocycles. The molecule has 0 aliphatic carbocycles. The lowest BCUT2D eigenvalue weighted by Crippen LogP contribution is -2.50. The van der Waals surface area contributed by atoms with Gasteiger partial charge in [0.1, 0.15) is 5.95 Å². The average molecular weight is 387 g/mol. The van der Waals surface area contributed by atoms with Crippen molar-refractivity contribution in [2.45, 2.75) is 13.5 Å². The Kier molecular flexibility index (Phi) is 5.75. The molecule has 1 atom stereocenters. The maximum absolute atomic E-state index is 12.5. The van der Waals surface area contributed by atoms with Crippen molar-refractivity contribution < 1.29 is 19.3 Å². The molecular weight excluding hydrogens is 368 g/mol. The number of nitrogens with zero attached hydrogens (tertiary/aromatic N) is 2. The Morgan fingerprint density at radius 3 is 2.59 bits per heavy atom. The lowest BCUT2D eigenvalue weighted by atomic mass is 10.2. The summed E-state index contributed by atoms with van der Waals surface area (Å²) in [6, 6.07) is 16.5. The smallest absolute Gasteiger partial charge is 0.329 e. The van der Waals surface area contributed by atoms with Crippen LogP contribution >= 0.6 is 11.6 Å². The summed E-state index contributed by atoms with van der Waals surface area (Å²) in [4.78, 5) is 12.3. The van der Waals surface area contributed by atoms with Crippen molar-refractivity contribution in [1.29, 1.82) is 0 Å². The normalized spacial score (nSPS) is 21.3. The van der Waals surface area contributed by atoms with Gasteiger partial charge in [-0.25, -0.2) is 5.43 Å². The van der Waals surface area contributed by atoms with Crippen LogP contribution in [-0.2, 0) is 16.1 Å². The Bertz CT molecular complexity index is 868. The molecule has 1 heterocycles. The SMILES string of the molecule is CCO/C([O-])=C1\C(=O)NN[N+]1(Cc1ccccc1)N=Cc1ccc(Cl)cc1. The lowest BCUT2D eigenvalue weighted by Gasteiger charge is -2.27. The van der Waals surface area contributed by atoms with Crippen LogP contribution in [0.1, 0.15) is 18.1 Å². The minimum Gasteiger partial charge on any atom is -0.609 e. The molecule has 1 aliphatic rings. The van der Waals surface area contributed by atoms with E-state index < -0.39 is 16.6 Å². The summed E-state index contributed by atoms with van der Waals surface area (Å²) in [5, 5.41) is 17.6. The van der Waals surface area contributed by atoms with E-state index in [4.69, 9.17) is 16.3 Å². The summed E-state index contributed by atoms with van der Waals surface area (Å²) in [7, 11) is 0. The first-order valence-electron chi connectivity index (χ1n) is 8.39. The Hall–Kier alpha value is -2.87. The third-order valence-corrected chi connectivity index (χ3v) is 4.19. The first kappa shape index (κ1) is 18.9. The van der Waals surface area contributed by atoms with E-state index in [0.29, 0.717) is 5.02 Å². The molecule has 2 aromatic rings. The van der Waals surface area contributed by atoms with Gasteiger partial charge in [0.15, 0.2) is 6.54 Å². The van der Waals surface area contributed by atoms with E-state index in [1.165, 1.54) is 0 Å². The fourth-order valence-electron chi connectivity index (χ4n) is 2.68. The Balaban J connectivity index is 2.04. The average Bonchev–Trinajstić information content (AvgIpc) is 2.99. The quantitative estimate of drug-likeness (QED) is 0.343. The van der Waals surface area contributed by atoms with Crippen LogP contribution in [0.2, 0.25) is 5.02 Å². The van der Waals surface area contributed by atoms with Gasteiger partial charge in [-0.15, -0.1) is 0 Å². The fraction of sp³-hybridized carbons (Fsp3) is 0.158. The number of quaternary nitrogens is 1. The van der Waals surface area contributed by atoms with E-state index in [2.05, 4.69) is 16.1 Å². The summed E-state index contributed by atoms with van der Waals surface area (Å²) >= 11 is 5.91. The van der Waals surface area contributed by atoms with Gasteiger partial charge in [-0.1, -0.05) is 70.8 Å². The molecule has 1 saturated heterocycles. The first-order chi connectivity index (χ1) is 13.0. The number of carbonyl (C=O) groups excluding carboxylic acids is 1. The second-order valence-corrected chi connectivity index (χ2v) is 6.28. The van der Waals surface area contributed by atoms with Crippen LogP contribution in [0.3, 0.4) is 0 Å². The molecule has 27 heavy (non-hydrogen) atoms. The number of nitrogens with one attached hydrogen (secondary N) is 2. The first-order valence-corrected chi connectivity index (χ1v) is 8.77. The molecule has 2 aromatic carbocycles. The molecule has 0 radical (unpaired) electrons. The van der Waals surface area contributed by atoms with Crippen molar-refractivity contribution in [2.24, 2.45) is 5.10 Å². The zero-order chi connectivity index (χ0) is 19.3. The number of hydrogen-bond acceptors (Lipinski definition) is 5. The van der Waals surface area contributed by atoms with Crippen molar-refractivity contribution in [3.8, 4) is 0 Å². The predicted molar refractivity (Wildman–Crippen MR) is 99.4 cm³/mol. The van der Waals surface area contributed by atoms with Crippen molar-refractivity contribution in [2.75, 3.05) is 6.61 Å². The second kappa shape index (κ2) is 8.22. The Labute approximate surface area is 162 Å². The Morgan fingerprint density at radius 1 is 1.22 bits per heavy atom. The van der Waals surface area contributed by atoms with E-state index in [0.717, 1.165) is 11.1 Å². The standard InChI is InChI=1S/C19H19ClN4O3/c1-2-27-19(26)17-18(25)22-23-24(17,13-15-6-4-3-5-7-15)21-12-14-8-10-16(20)11-9-14/h3-12,23H,2,13H2,1H3,(H-,22,25,26). The number of benzene rings is 2. The van der Waals surface area contributed by atoms with Gasteiger partial charge >= 0.3 is 5.91 Å². The van der Waals surface area contributed by atoms with Crippen LogP contribution in [0.15, 0.2) is 71.3 Å². The summed E-state index contributed by atoms with van der Waals surface area (Å²) in [5.74, 6) is -1.29. The number of amides is 1. The highest BCUT2D eigenvalue weighted by Crippen LogP contribution is 2.26. The molecule has 0 saturated carbocycles. The summed E-state index contributed by atoms with van der Waals surface area (Å²) in [5.41, 5.74) is 6.82. The monoisotopic (exact) mass is 386 g/mol. The van der Waals surface area contributed by atoms with Crippen LogP contribution in [0, 0.1) is 0 Å². The maximum atomic E-state index is 12.5. The van der Waals surface area contributed by atoms with Crippen molar-refractivity contribution in [3.05, 3.63) is 82.4 Å². The molecule has 2 N–H and O–H groups in total. The summed E-state index contributed by atoms with van der Waals surface area (Å²) in [6.45, 7) is 2.07. The predicted octanol–water partition coefficient (Wildman–Crippen LogP) is 1.81. The van der Waals surface area contributed by atoms with Gasteiger partial charge in [0, 0.05) is 10.6 Å². The van der Waals surface area contributed by atoms with Crippen LogP contribution < -0.4 is 16.1 Å². The topological polar surface area (TPSA) is 85.8 Å². The van der Waals surface area contributed by atoms with Crippen LogP contribution in [0.5, 0.6) is 0 Å². The van der Waals surface area contributed by atoms with Crippen molar-refractivity contribution in [3.63, 3.8) is 0 Å². The maximum Gasteiger partial charge on any atom is 0.329 e. The zero-order valence-corrected chi connectivity index (χ0v) is 15.4. The van der Waals surface area contributed by atoms with Crippen LogP contribution in [0.25, 0.3) is 0 Å². The van der Waals surface area contributed by atoms with Gasteiger partial charge in [0.05, 0.1) is 6.21 Å². The van der Waals surface area contributed by atoms with Gasteiger partial charge in [0.2, 0.25) is 0 Å². The van der Waals surface area contributed by atoms with Crippen LogP contribution in [-0.4, -0.2) is 23.4 Å². The minimum atomic E-state index is -0.718. The Morgan fingerprint density at radius 2 is 1.93 bits per heavy atom. The number of ether oxygens (including phenoxy) is 1. The molecule has 1 fully saturated rings. The van der Waals surface area contributed by atoms with E-state index in [1.54, 1.807) is 37.4 Å². The third-order valence-electron chi connectivity index (χ3n) is 3.94. The van der Waals surface area contributed by atoms with Crippen LogP contribution in [0.4, 0.5) is 0 Å². The number of hydrogen-bond donors (Lipinski definition) is 2. The molecule has 1 aliphatic heterocycles. The summed E-state index contributed by atoms with van der Waals surface area (Å²) in [6.07, 6.45) is 1.58. The molecule has 0 bridgehead atoms. The zero-order valence-electron chi connectivity index (χ0n) is 14.7. The van der Waals surface area contributed by atoms with Gasteiger partial charge in [-0.05, 0) is 29.8 Å². The molecule has 1 amide bonds. The third kappa shape index (κ3) is 4.28. The number of carbonyl (C=O) groups is 1. The molecule has 7 nitrogen and oxygen atoms in total. The number of rotatable bonds is 6. The highest BCUT2D eigenvalue weighted by atomic mass is 35.5. The fourth-order valence-corrected chi connectivity index (χ4v) is 2.80. The van der Waals surface area contributed by atoms with Gasteiger partial charge in [0.25, 0.3) is 5.70 Å². The largest absolute Gasteiger partial charge is 0.609 e. The van der Waals surface area contributed by atoms with E-state index in [-0.39, 0.29) is 18.8 Å². The van der Waals surface area contributed by atoms with Crippen molar-refractivity contribution in [1.82, 2.24) is 11.0 Å². The van der Waals surface area contributed by atoms with Crippen molar-refractivity contribution >= 4 is 23.7 Å². The molecule has 1 unspecified atom stereocenters. The molecule has 0 spiro atoms. The van der Waals surface area contributed by atoms with E-state index in [9.17, 15) is 9.90 Å². The second-order valence-electron chi connectivity index (χ2n) is 5.84. The highest BCUT2D eigenvalue weighted by Gasteiger charge is 2.47. The molecule has 8 heteroatoms. The van der Waals surface area contributed by atoms with Gasteiger partial charge < -0.3 is 9.84 Å². The lowest BCUT2D eigenvalue weighted by molar-refractivity contribution is -0.949. The van der Waals surface area contributed by atoms with E-state index in [1.807, 2.05) is 30.3 Å². The number of halogens is 1. The molecule has 140 valence electrons.